The summed E-state index contributed by atoms with van der Waals surface area (Å²) in [5.41, 5.74) is 8.45. The van der Waals surface area contributed by atoms with E-state index in [2.05, 4.69) is 9.97 Å². The minimum absolute atomic E-state index is 0.153. The van der Waals surface area contributed by atoms with Crippen molar-refractivity contribution in [2.24, 2.45) is 5.73 Å². The van der Waals surface area contributed by atoms with Gasteiger partial charge in [-0.05, 0) is 13.8 Å². The summed E-state index contributed by atoms with van der Waals surface area (Å²) >= 11 is 0. The molecule has 15 heavy (non-hydrogen) atoms. The summed E-state index contributed by atoms with van der Waals surface area (Å²) in [6.07, 6.45) is 3.78. The number of nitrogens with one attached hydrogen (secondary N) is 1. The van der Waals surface area contributed by atoms with E-state index >= 15 is 0 Å². The number of aromatic nitrogens is 2. The topological polar surface area (TPSA) is 63.9 Å². The van der Waals surface area contributed by atoms with Crippen molar-refractivity contribution < 1.29 is 4.74 Å². The van der Waals surface area contributed by atoms with Crippen LogP contribution in [0.3, 0.4) is 0 Å². The molecule has 0 aromatic carbocycles. The predicted octanol–water partition coefficient (Wildman–Crippen LogP) is 1.81. The third kappa shape index (κ3) is 1.80. The van der Waals surface area contributed by atoms with Gasteiger partial charge in [0.15, 0.2) is 0 Å². The van der Waals surface area contributed by atoms with E-state index in [4.69, 9.17) is 10.5 Å². The number of H-pyrrole nitrogens is 1. The zero-order valence-electron chi connectivity index (χ0n) is 8.95. The van der Waals surface area contributed by atoms with Gasteiger partial charge in [-0.3, -0.25) is 4.98 Å². The van der Waals surface area contributed by atoms with Crippen molar-refractivity contribution in [3.05, 3.63) is 24.0 Å². The van der Waals surface area contributed by atoms with Gasteiger partial charge >= 0.3 is 0 Å². The molecule has 2 heterocycles. The number of hydrogen-bond donors (Lipinski definition) is 2. The van der Waals surface area contributed by atoms with Gasteiger partial charge in [0.1, 0.15) is 11.3 Å². The highest BCUT2D eigenvalue weighted by Crippen LogP contribution is 2.25. The molecule has 0 radical (unpaired) electrons. The molecular weight excluding hydrogens is 190 g/mol. The average Bonchev–Trinajstić information content (AvgIpc) is 2.61. The molecule has 0 saturated carbocycles. The SMILES string of the molecule is CC(C)Oc1ccnc2c(CN)c[nH]c12. The van der Waals surface area contributed by atoms with Crippen LogP contribution in [-0.4, -0.2) is 16.1 Å². The zero-order valence-corrected chi connectivity index (χ0v) is 8.95. The molecule has 3 N–H and O–H groups in total. The summed E-state index contributed by atoms with van der Waals surface area (Å²) in [6, 6.07) is 1.86. The summed E-state index contributed by atoms with van der Waals surface area (Å²) in [5, 5.41) is 0. The van der Waals surface area contributed by atoms with E-state index in [1.807, 2.05) is 26.1 Å². The molecular formula is C11H15N3O. The molecule has 4 heteroatoms. The van der Waals surface area contributed by atoms with Gasteiger partial charge in [0.05, 0.1) is 11.6 Å². The molecule has 4 nitrogen and oxygen atoms in total. The number of ether oxygens (including phenoxy) is 1. The van der Waals surface area contributed by atoms with Crippen molar-refractivity contribution in [1.29, 1.82) is 0 Å². The Bertz CT molecular complexity index is 462. The highest BCUT2D eigenvalue weighted by molar-refractivity contribution is 5.84. The van der Waals surface area contributed by atoms with E-state index in [0.29, 0.717) is 6.54 Å². The fourth-order valence-electron chi connectivity index (χ4n) is 1.56. The quantitative estimate of drug-likeness (QED) is 0.803. The van der Waals surface area contributed by atoms with Crippen LogP contribution in [0.15, 0.2) is 18.5 Å². The summed E-state index contributed by atoms with van der Waals surface area (Å²) in [5.74, 6) is 0.828. The van der Waals surface area contributed by atoms with Crippen LogP contribution in [0.2, 0.25) is 0 Å². The molecule has 2 aromatic rings. The first-order chi connectivity index (χ1) is 7.22. The highest BCUT2D eigenvalue weighted by atomic mass is 16.5. The van der Waals surface area contributed by atoms with Crippen molar-refractivity contribution in [3.63, 3.8) is 0 Å². The minimum Gasteiger partial charge on any atom is -0.489 e. The molecule has 0 amide bonds. The van der Waals surface area contributed by atoms with E-state index in [0.717, 1.165) is 22.3 Å². The van der Waals surface area contributed by atoms with Gasteiger partial charge in [0.25, 0.3) is 0 Å². The van der Waals surface area contributed by atoms with Gasteiger partial charge in [-0.15, -0.1) is 0 Å². The molecule has 0 saturated heterocycles. The molecule has 0 aliphatic carbocycles. The maximum atomic E-state index is 5.67. The molecule has 0 bridgehead atoms. The van der Waals surface area contributed by atoms with Crippen LogP contribution in [0.1, 0.15) is 19.4 Å². The van der Waals surface area contributed by atoms with Crippen molar-refractivity contribution in [2.45, 2.75) is 26.5 Å². The lowest BCUT2D eigenvalue weighted by Gasteiger charge is -2.09. The Hall–Kier alpha value is -1.55. The molecule has 0 spiro atoms. The van der Waals surface area contributed by atoms with E-state index in [1.54, 1.807) is 6.20 Å². The Balaban J connectivity index is 2.52. The van der Waals surface area contributed by atoms with Crippen molar-refractivity contribution in [1.82, 2.24) is 9.97 Å². The second-order valence-corrected chi connectivity index (χ2v) is 3.72. The molecule has 0 atom stereocenters. The molecule has 2 rings (SSSR count). The van der Waals surface area contributed by atoms with Crippen LogP contribution >= 0.6 is 0 Å². The van der Waals surface area contributed by atoms with Crippen molar-refractivity contribution >= 4 is 11.0 Å². The number of aromatic amines is 1. The van der Waals surface area contributed by atoms with Crippen LogP contribution < -0.4 is 10.5 Å². The first-order valence-corrected chi connectivity index (χ1v) is 5.04. The van der Waals surface area contributed by atoms with Gasteiger partial charge in [-0.25, -0.2) is 0 Å². The Morgan fingerprint density at radius 1 is 1.53 bits per heavy atom. The lowest BCUT2D eigenvalue weighted by atomic mass is 10.2. The molecule has 2 aromatic heterocycles. The molecule has 0 fully saturated rings. The average molecular weight is 205 g/mol. The van der Waals surface area contributed by atoms with Gasteiger partial charge < -0.3 is 15.5 Å². The first kappa shape index (κ1) is 9.98. The number of pyridine rings is 1. The number of fused-ring (bicyclic) bond motifs is 1. The highest BCUT2D eigenvalue weighted by Gasteiger charge is 2.09. The Morgan fingerprint density at radius 2 is 2.33 bits per heavy atom. The fourth-order valence-corrected chi connectivity index (χ4v) is 1.56. The smallest absolute Gasteiger partial charge is 0.146 e. The Morgan fingerprint density at radius 3 is 3.00 bits per heavy atom. The zero-order chi connectivity index (χ0) is 10.8. The summed E-state index contributed by atoms with van der Waals surface area (Å²) in [7, 11) is 0. The number of hydrogen-bond acceptors (Lipinski definition) is 3. The summed E-state index contributed by atoms with van der Waals surface area (Å²) in [6.45, 7) is 4.48. The van der Waals surface area contributed by atoms with Crippen LogP contribution in [0.4, 0.5) is 0 Å². The molecule has 80 valence electrons. The van der Waals surface area contributed by atoms with Crippen molar-refractivity contribution in [3.8, 4) is 5.75 Å². The van der Waals surface area contributed by atoms with Crippen molar-refractivity contribution in [2.75, 3.05) is 0 Å². The lowest BCUT2D eigenvalue weighted by Crippen LogP contribution is -2.06. The Kier molecular flexibility index (Phi) is 2.60. The largest absolute Gasteiger partial charge is 0.489 e. The second-order valence-electron chi connectivity index (χ2n) is 3.72. The Labute approximate surface area is 88.5 Å². The van der Waals surface area contributed by atoms with Crippen LogP contribution in [0.25, 0.3) is 11.0 Å². The predicted molar refractivity (Wildman–Crippen MR) is 59.7 cm³/mol. The van der Waals surface area contributed by atoms with E-state index in [9.17, 15) is 0 Å². The van der Waals surface area contributed by atoms with E-state index < -0.39 is 0 Å². The normalized spacial score (nSPS) is 11.2. The maximum absolute atomic E-state index is 5.67. The minimum atomic E-state index is 0.153. The summed E-state index contributed by atoms with van der Waals surface area (Å²) in [4.78, 5) is 7.43. The van der Waals surface area contributed by atoms with Crippen LogP contribution in [-0.2, 0) is 6.54 Å². The fraction of sp³-hybridized carbons (Fsp3) is 0.364. The van der Waals surface area contributed by atoms with E-state index in [-0.39, 0.29) is 6.10 Å². The third-order valence-corrected chi connectivity index (χ3v) is 2.19. The maximum Gasteiger partial charge on any atom is 0.146 e. The van der Waals surface area contributed by atoms with Gasteiger partial charge in [-0.2, -0.15) is 0 Å². The van der Waals surface area contributed by atoms with Crippen LogP contribution in [0, 0.1) is 0 Å². The second kappa shape index (κ2) is 3.90. The first-order valence-electron chi connectivity index (χ1n) is 5.04. The number of rotatable bonds is 3. The molecule has 0 aliphatic rings. The van der Waals surface area contributed by atoms with Gasteiger partial charge in [0.2, 0.25) is 0 Å². The van der Waals surface area contributed by atoms with E-state index in [1.165, 1.54) is 0 Å². The lowest BCUT2D eigenvalue weighted by molar-refractivity contribution is 0.245. The standard InChI is InChI=1S/C11H15N3O/c1-7(2)15-9-3-4-13-10-8(5-12)6-14-11(9)10/h3-4,6-7,14H,5,12H2,1-2H3. The van der Waals surface area contributed by atoms with Crippen LogP contribution in [0.5, 0.6) is 5.75 Å². The molecule has 0 unspecified atom stereocenters. The number of nitrogens with zero attached hydrogens (tertiary/aromatic N) is 1. The number of nitrogens with two attached hydrogens (primary N) is 1. The third-order valence-electron chi connectivity index (χ3n) is 2.19. The molecule has 0 aliphatic heterocycles. The van der Waals surface area contributed by atoms with Gasteiger partial charge in [-0.1, -0.05) is 0 Å². The monoisotopic (exact) mass is 205 g/mol. The van der Waals surface area contributed by atoms with Gasteiger partial charge in [0, 0.05) is 30.6 Å². The summed E-state index contributed by atoms with van der Waals surface area (Å²) < 4.78 is 5.67.